The normalized spacial score (nSPS) is 23.7. The first-order chi connectivity index (χ1) is 9.76. The van der Waals surface area contributed by atoms with E-state index in [1.165, 1.54) is 18.6 Å². The van der Waals surface area contributed by atoms with Crippen molar-refractivity contribution in [2.45, 2.75) is 38.1 Å². The Labute approximate surface area is 117 Å². The lowest BCUT2D eigenvalue weighted by Crippen LogP contribution is -2.30. The summed E-state index contributed by atoms with van der Waals surface area (Å²) < 4.78 is 18.7. The summed E-state index contributed by atoms with van der Waals surface area (Å²) in [5, 5.41) is 12.8. The molecule has 4 nitrogen and oxygen atoms in total. The van der Waals surface area contributed by atoms with E-state index in [9.17, 15) is 9.50 Å². The first-order valence-electron chi connectivity index (χ1n) is 7.20. The summed E-state index contributed by atoms with van der Waals surface area (Å²) >= 11 is 0. The largest absolute Gasteiger partial charge is 0.424 e. The van der Waals surface area contributed by atoms with Gasteiger partial charge in [-0.25, -0.2) is 4.39 Å². The topological polar surface area (TPSA) is 58.3 Å². The Morgan fingerprint density at radius 1 is 1.30 bits per heavy atom. The van der Waals surface area contributed by atoms with Crippen LogP contribution in [0.5, 0.6) is 0 Å². The molecule has 0 saturated heterocycles. The van der Waals surface area contributed by atoms with Gasteiger partial charge >= 0.3 is 0 Å². The Kier molecular flexibility index (Phi) is 3.87. The third-order valence-corrected chi connectivity index (χ3v) is 4.05. The molecule has 108 valence electrons. The van der Waals surface area contributed by atoms with Gasteiger partial charge in [-0.3, -0.25) is 0 Å². The van der Waals surface area contributed by atoms with Crippen LogP contribution in [-0.2, 0) is 0 Å². The fraction of sp³-hybridized carbons (Fsp3) is 0.533. The summed E-state index contributed by atoms with van der Waals surface area (Å²) in [6.45, 7) is 0.173. The van der Waals surface area contributed by atoms with Crippen molar-refractivity contribution in [2.75, 3.05) is 11.9 Å². The number of oxazole rings is 1. The van der Waals surface area contributed by atoms with Gasteiger partial charge in [0.2, 0.25) is 0 Å². The van der Waals surface area contributed by atoms with Crippen molar-refractivity contribution < 1.29 is 13.9 Å². The van der Waals surface area contributed by atoms with E-state index in [-0.39, 0.29) is 24.4 Å². The monoisotopic (exact) mass is 278 g/mol. The molecule has 1 aromatic carbocycles. The van der Waals surface area contributed by atoms with Crippen LogP contribution in [0.1, 0.15) is 32.1 Å². The standard InChI is InChI=1S/C15H19FN2O2/c16-11-6-7-14-13(8-11)18-15(20-14)17-12-5-3-1-2-4-10(12)9-19/h6-8,10,12,19H,1-5,9H2,(H,17,18)/t10-,12+/m1/s1. The van der Waals surface area contributed by atoms with Gasteiger partial charge in [0, 0.05) is 24.6 Å². The molecule has 0 amide bonds. The van der Waals surface area contributed by atoms with Crippen LogP contribution in [0.4, 0.5) is 10.4 Å². The number of nitrogens with one attached hydrogen (secondary N) is 1. The molecule has 1 heterocycles. The number of hydrogen-bond acceptors (Lipinski definition) is 4. The molecule has 1 aromatic heterocycles. The van der Waals surface area contributed by atoms with Crippen LogP contribution < -0.4 is 5.32 Å². The molecule has 5 heteroatoms. The van der Waals surface area contributed by atoms with Gasteiger partial charge in [-0.15, -0.1) is 0 Å². The van der Waals surface area contributed by atoms with Crippen LogP contribution in [0.15, 0.2) is 22.6 Å². The smallest absolute Gasteiger partial charge is 0.295 e. The minimum atomic E-state index is -0.319. The fourth-order valence-electron chi connectivity index (χ4n) is 2.91. The number of anilines is 1. The molecule has 0 unspecified atom stereocenters. The minimum absolute atomic E-state index is 0.167. The van der Waals surface area contributed by atoms with Crippen molar-refractivity contribution in [2.24, 2.45) is 5.92 Å². The summed E-state index contributed by atoms with van der Waals surface area (Å²) in [5.74, 6) is -0.0932. The van der Waals surface area contributed by atoms with Gasteiger partial charge in [0.1, 0.15) is 11.3 Å². The number of aromatic nitrogens is 1. The molecular formula is C15H19FN2O2. The van der Waals surface area contributed by atoms with Gasteiger partial charge in [-0.2, -0.15) is 4.98 Å². The Balaban J connectivity index is 1.80. The third kappa shape index (κ3) is 2.77. The highest BCUT2D eigenvalue weighted by molar-refractivity contribution is 5.74. The average Bonchev–Trinajstić information content (AvgIpc) is 2.68. The van der Waals surface area contributed by atoms with Gasteiger partial charge in [0.15, 0.2) is 5.58 Å². The number of rotatable bonds is 3. The predicted octanol–water partition coefficient (Wildman–Crippen LogP) is 3.32. The van der Waals surface area contributed by atoms with Crippen LogP contribution in [0, 0.1) is 11.7 Å². The van der Waals surface area contributed by atoms with Crippen molar-refractivity contribution in [3.63, 3.8) is 0 Å². The molecule has 1 aliphatic rings. The van der Waals surface area contributed by atoms with Gasteiger partial charge in [0.05, 0.1) is 0 Å². The number of nitrogens with zero attached hydrogens (tertiary/aromatic N) is 1. The number of fused-ring (bicyclic) bond motifs is 1. The first-order valence-corrected chi connectivity index (χ1v) is 7.20. The van der Waals surface area contributed by atoms with Crippen LogP contribution in [0.3, 0.4) is 0 Å². The highest BCUT2D eigenvalue weighted by Gasteiger charge is 2.24. The highest BCUT2D eigenvalue weighted by atomic mass is 19.1. The van der Waals surface area contributed by atoms with Gasteiger partial charge in [0.25, 0.3) is 6.01 Å². The summed E-state index contributed by atoms with van der Waals surface area (Å²) in [6.07, 6.45) is 5.51. The van der Waals surface area contributed by atoms with Crippen molar-refractivity contribution >= 4 is 17.1 Å². The summed E-state index contributed by atoms with van der Waals surface area (Å²) in [5.41, 5.74) is 1.09. The zero-order valence-electron chi connectivity index (χ0n) is 11.3. The van der Waals surface area contributed by atoms with Crippen LogP contribution in [-0.4, -0.2) is 22.7 Å². The molecule has 2 atom stereocenters. The average molecular weight is 278 g/mol. The van der Waals surface area contributed by atoms with E-state index in [0.717, 1.165) is 25.7 Å². The molecule has 20 heavy (non-hydrogen) atoms. The zero-order chi connectivity index (χ0) is 13.9. The SMILES string of the molecule is OC[C@H]1CCCCC[C@@H]1Nc1nc2cc(F)ccc2o1. The van der Waals surface area contributed by atoms with E-state index in [1.807, 2.05) is 0 Å². The molecular weight excluding hydrogens is 259 g/mol. The van der Waals surface area contributed by atoms with E-state index < -0.39 is 0 Å². The van der Waals surface area contributed by atoms with Gasteiger partial charge in [-0.1, -0.05) is 19.3 Å². The molecule has 0 spiro atoms. The van der Waals surface area contributed by atoms with Crippen molar-refractivity contribution in [1.82, 2.24) is 4.98 Å². The number of hydrogen-bond donors (Lipinski definition) is 2. The van der Waals surface area contributed by atoms with Crippen molar-refractivity contribution in [3.05, 3.63) is 24.0 Å². The van der Waals surface area contributed by atoms with Crippen LogP contribution in [0.25, 0.3) is 11.1 Å². The maximum Gasteiger partial charge on any atom is 0.295 e. The summed E-state index contributed by atoms with van der Waals surface area (Å²) in [4.78, 5) is 4.27. The molecule has 3 rings (SSSR count). The van der Waals surface area contributed by atoms with Crippen molar-refractivity contribution in [3.8, 4) is 0 Å². The molecule has 0 aliphatic heterocycles. The van der Waals surface area contributed by atoms with E-state index >= 15 is 0 Å². The van der Waals surface area contributed by atoms with Crippen LogP contribution in [0.2, 0.25) is 0 Å². The Hall–Kier alpha value is -1.62. The van der Waals surface area contributed by atoms with E-state index in [4.69, 9.17) is 4.42 Å². The Morgan fingerprint density at radius 2 is 2.15 bits per heavy atom. The number of aliphatic hydroxyl groups excluding tert-OH is 1. The third-order valence-electron chi connectivity index (χ3n) is 4.05. The predicted molar refractivity (Wildman–Crippen MR) is 75.0 cm³/mol. The lowest BCUT2D eigenvalue weighted by Gasteiger charge is -2.23. The second kappa shape index (κ2) is 5.79. The summed E-state index contributed by atoms with van der Waals surface area (Å²) in [6, 6.07) is 4.89. The maximum atomic E-state index is 13.1. The molecule has 1 fully saturated rings. The molecule has 1 saturated carbocycles. The minimum Gasteiger partial charge on any atom is -0.424 e. The molecule has 0 bridgehead atoms. The van der Waals surface area contributed by atoms with Gasteiger partial charge < -0.3 is 14.8 Å². The summed E-state index contributed by atoms with van der Waals surface area (Å²) in [7, 11) is 0. The van der Waals surface area contributed by atoms with Gasteiger partial charge in [-0.05, 0) is 25.0 Å². The van der Waals surface area contributed by atoms with E-state index in [1.54, 1.807) is 6.07 Å². The molecule has 2 aromatic rings. The fourth-order valence-corrected chi connectivity index (χ4v) is 2.91. The Bertz CT molecular complexity index is 584. The quantitative estimate of drug-likeness (QED) is 0.846. The molecule has 1 aliphatic carbocycles. The van der Waals surface area contributed by atoms with E-state index in [2.05, 4.69) is 10.3 Å². The van der Waals surface area contributed by atoms with E-state index in [0.29, 0.717) is 17.1 Å². The van der Waals surface area contributed by atoms with Crippen molar-refractivity contribution in [1.29, 1.82) is 0 Å². The Morgan fingerprint density at radius 3 is 3.00 bits per heavy atom. The maximum absolute atomic E-state index is 13.1. The number of aliphatic hydroxyl groups is 1. The lowest BCUT2D eigenvalue weighted by molar-refractivity contribution is 0.202. The molecule has 0 radical (unpaired) electrons. The molecule has 2 N–H and O–H groups in total. The number of benzene rings is 1. The second-order valence-electron chi connectivity index (χ2n) is 5.46. The van der Waals surface area contributed by atoms with Crippen LogP contribution >= 0.6 is 0 Å². The lowest BCUT2D eigenvalue weighted by atomic mass is 9.96. The highest BCUT2D eigenvalue weighted by Crippen LogP contribution is 2.27. The first kappa shape index (κ1) is 13.4. The zero-order valence-corrected chi connectivity index (χ0v) is 11.3. The number of halogens is 1. The second-order valence-corrected chi connectivity index (χ2v) is 5.46.